The normalized spacial score (nSPS) is 11.7. The second kappa shape index (κ2) is 5.26. The molecule has 0 unspecified atom stereocenters. The molecule has 0 aliphatic heterocycles. The standard InChI is InChI=1S/C12H19NO2/c1-12(2,14-3)11-6-4-10(5-7-11)8-9-15-13/h4-7H,8-9,13H2,1-3H3. The van der Waals surface area contributed by atoms with Gasteiger partial charge in [-0.2, -0.15) is 0 Å². The lowest BCUT2D eigenvalue weighted by Gasteiger charge is -2.23. The average Bonchev–Trinajstić information content (AvgIpc) is 2.27. The van der Waals surface area contributed by atoms with E-state index in [0.717, 1.165) is 6.42 Å². The second-order valence-corrected chi connectivity index (χ2v) is 4.03. The highest BCUT2D eigenvalue weighted by Crippen LogP contribution is 2.23. The Morgan fingerprint density at radius 2 is 1.80 bits per heavy atom. The summed E-state index contributed by atoms with van der Waals surface area (Å²) in [4.78, 5) is 4.54. The van der Waals surface area contributed by atoms with Gasteiger partial charge >= 0.3 is 0 Å². The van der Waals surface area contributed by atoms with E-state index in [-0.39, 0.29) is 5.60 Å². The minimum atomic E-state index is -0.233. The monoisotopic (exact) mass is 209 g/mol. The Balaban J connectivity index is 2.72. The molecule has 1 aromatic carbocycles. The van der Waals surface area contributed by atoms with E-state index in [2.05, 4.69) is 29.1 Å². The minimum Gasteiger partial charge on any atom is -0.374 e. The van der Waals surface area contributed by atoms with Crippen LogP contribution < -0.4 is 5.90 Å². The van der Waals surface area contributed by atoms with E-state index in [9.17, 15) is 0 Å². The summed E-state index contributed by atoms with van der Waals surface area (Å²) in [5.41, 5.74) is 2.15. The highest BCUT2D eigenvalue weighted by Gasteiger charge is 2.18. The van der Waals surface area contributed by atoms with E-state index in [0.29, 0.717) is 6.61 Å². The first-order chi connectivity index (χ1) is 7.10. The maximum atomic E-state index is 5.40. The first kappa shape index (κ1) is 12.2. The molecular formula is C12H19NO2. The fraction of sp³-hybridized carbons (Fsp3) is 0.500. The highest BCUT2D eigenvalue weighted by molar-refractivity contribution is 5.26. The van der Waals surface area contributed by atoms with Crippen molar-refractivity contribution in [2.24, 2.45) is 5.90 Å². The van der Waals surface area contributed by atoms with Gasteiger partial charge in [-0.1, -0.05) is 24.3 Å². The lowest BCUT2D eigenvalue weighted by molar-refractivity contribution is 0.0192. The van der Waals surface area contributed by atoms with Gasteiger partial charge in [0.15, 0.2) is 0 Å². The predicted molar refractivity (Wildman–Crippen MR) is 60.3 cm³/mol. The number of ether oxygens (including phenoxy) is 1. The van der Waals surface area contributed by atoms with Crippen LogP contribution in [0, 0.1) is 0 Å². The fourth-order valence-corrected chi connectivity index (χ4v) is 1.37. The quantitative estimate of drug-likeness (QED) is 0.754. The summed E-state index contributed by atoms with van der Waals surface area (Å²) in [6, 6.07) is 8.31. The highest BCUT2D eigenvalue weighted by atomic mass is 16.6. The molecule has 0 radical (unpaired) electrons. The van der Waals surface area contributed by atoms with Crippen molar-refractivity contribution < 1.29 is 9.57 Å². The minimum absolute atomic E-state index is 0.233. The molecule has 0 bridgehead atoms. The summed E-state index contributed by atoms with van der Waals surface area (Å²) in [7, 11) is 1.72. The first-order valence-corrected chi connectivity index (χ1v) is 5.06. The van der Waals surface area contributed by atoms with Crippen LogP contribution in [0.5, 0.6) is 0 Å². The summed E-state index contributed by atoms with van der Waals surface area (Å²) in [6.45, 7) is 4.64. The lowest BCUT2D eigenvalue weighted by Crippen LogP contribution is -2.19. The van der Waals surface area contributed by atoms with Gasteiger partial charge in [0, 0.05) is 7.11 Å². The number of benzene rings is 1. The van der Waals surface area contributed by atoms with Crippen molar-refractivity contribution in [1.29, 1.82) is 0 Å². The zero-order chi connectivity index (χ0) is 11.3. The Bertz CT molecular complexity index is 293. The molecule has 0 heterocycles. The van der Waals surface area contributed by atoms with Crippen LogP contribution in [0.15, 0.2) is 24.3 Å². The van der Waals surface area contributed by atoms with Gasteiger partial charge in [0.2, 0.25) is 0 Å². The summed E-state index contributed by atoms with van der Waals surface area (Å²) in [6.07, 6.45) is 0.837. The topological polar surface area (TPSA) is 44.5 Å². The molecule has 0 spiro atoms. The van der Waals surface area contributed by atoms with Crippen LogP contribution >= 0.6 is 0 Å². The van der Waals surface area contributed by atoms with Gasteiger partial charge < -0.3 is 9.57 Å². The van der Waals surface area contributed by atoms with Gasteiger partial charge in [-0.15, -0.1) is 0 Å². The zero-order valence-electron chi connectivity index (χ0n) is 9.62. The van der Waals surface area contributed by atoms with Gasteiger partial charge in [0.05, 0.1) is 12.2 Å². The van der Waals surface area contributed by atoms with Crippen LogP contribution in [0.3, 0.4) is 0 Å². The van der Waals surface area contributed by atoms with Crippen LogP contribution in [0.2, 0.25) is 0 Å². The molecule has 15 heavy (non-hydrogen) atoms. The number of hydrogen-bond donors (Lipinski definition) is 1. The fourth-order valence-electron chi connectivity index (χ4n) is 1.37. The van der Waals surface area contributed by atoms with Gasteiger partial charge in [0.1, 0.15) is 0 Å². The van der Waals surface area contributed by atoms with Crippen LogP contribution in [0.25, 0.3) is 0 Å². The number of methoxy groups -OCH3 is 1. The van der Waals surface area contributed by atoms with E-state index < -0.39 is 0 Å². The predicted octanol–water partition coefficient (Wildman–Crippen LogP) is 2.00. The van der Waals surface area contributed by atoms with Gasteiger partial charge in [-0.3, -0.25) is 0 Å². The number of rotatable bonds is 5. The molecule has 0 aliphatic carbocycles. The third kappa shape index (κ3) is 3.30. The molecule has 1 aromatic rings. The maximum absolute atomic E-state index is 5.40. The number of hydrogen-bond acceptors (Lipinski definition) is 3. The summed E-state index contributed by atoms with van der Waals surface area (Å²) in [5, 5.41) is 0. The van der Waals surface area contributed by atoms with Crippen molar-refractivity contribution in [3.05, 3.63) is 35.4 Å². The number of nitrogens with two attached hydrogens (primary N) is 1. The summed E-state index contributed by atoms with van der Waals surface area (Å²) in [5.74, 6) is 4.98. The van der Waals surface area contributed by atoms with Crippen molar-refractivity contribution in [2.45, 2.75) is 25.9 Å². The Morgan fingerprint density at radius 1 is 1.20 bits per heavy atom. The van der Waals surface area contributed by atoms with Crippen LogP contribution in [0.1, 0.15) is 25.0 Å². The van der Waals surface area contributed by atoms with E-state index in [1.165, 1.54) is 11.1 Å². The van der Waals surface area contributed by atoms with Crippen molar-refractivity contribution in [2.75, 3.05) is 13.7 Å². The molecule has 0 aliphatic rings. The summed E-state index contributed by atoms with van der Waals surface area (Å²) < 4.78 is 5.40. The van der Waals surface area contributed by atoms with Gasteiger partial charge in [-0.05, 0) is 31.4 Å². The SMILES string of the molecule is COC(C)(C)c1ccc(CCON)cc1. The van der Waals surface area contributed by atoms with Gasteiger partial charge in [0.25, 0.3) is 0 Å². The lowest BCUT2D eigenvalue weighted by atomic mass is 9.96. The Morgan fingerprint density at radius 3 is 2.27 bits per heavy atom. The summed E-state index contributed by atoms with van der Waals surface area (Å²) >= 11 is 0. The molecule has 1 rings (SSSR count). The second-order valence-electron chi connectivity index (χ2n) is 4.03. The van der Waals surface area contributed by atoms with E-state index in [1.54, 1.807) is 7.11 Å². The van der Waals surface area contributed by atoms with Crippen molar-refractivity contribution in [3.8, 4) is 0 Å². The van der Waals surface area contributed by atoms with E-state index in [4.69, 9.17) is 10.6 Å². The van der Waals surface area contributed by atoms with Crippen molar-refractivity contribution >= 4 is 0 Å². The molecule has 0 atom stereocenters. The Labute approximate surface area is 91.1 Å². The zero-order valence-corrected chi connectivity index (χ0v) is 9.62. The third-order valence-electron chi connectivity index (χ3n) is 2.67. The Hall–Kier alpha value is -0.900. The van der Waals surface area contributed by atoms with Gasteiger partial charge in [-0.25, -0.2) is 5.90 Å². The molecule has 0 fully saturated rings. The maximum Gasteiger partial charge on any atom is 0.0871 e. The molecule has 84 valence electrons. The third-order valence-corrected chi connectivity index (χ3v) is 2.67. The largest absolute Gasteiger partial charge is 0.374 e. The first-order valence-electron chi connectivity index (χ1n) is 5.06. The van der Waals surface area contributed by atoms with E-state index in [1.807, 2.05) is 13.8 Å². The Kier molecular flexibility index (Phi) is 4.27. The molecule has 3 nitrogen and oxygen atoms in total. The molecule has 2 N–H and O–H groups in total. The van der Waals surface area contributed by atoms with Crippen LogP contribution in [0.4, 0.5) is 0 Å². The van der Waals surface area contributed by atoms with E-state index >= 15 is 0 Å². The molecule has 0 amide bonds. The molecular weight excluding hydrogens is 190 g/mol. The van der Waals surface area contributed by atoms with Crippen molar-refractivity contribution in [1.82, 2.24) is 0 Å². The molecule has 0 saturated carbocycles. The molecule has 3 heteroatoms. The van der Waals surface area contributed by atoms with Crippen LogP contribution in [-0.4, -0.2) is 13.7 Å². The van der Waals surface area contributed by atoms with Crippen molar-refractivity contribution in [3.63, 3.8) is 0 Å². The average molecular weight is 209 g/mol. The van der Waals surface area contributed by atoms with Crippen LogP contribution in [-0.2, 0) is 21.6 Å². The molecule has 0 saturated heterocycles. The smallest absolute Gasteiger partial charge is 0.0871 e. The molecule has 0 aromatic heterocycles.